The Kier molecular flexibility index (Phi) is 5.28. The molecule has 2 aromatic rings. The van der Waals surface area contributed by atoms with Crippen LogP contribution in [0.4, 0.5) is 0 Å². The zero-order valence-corrected chi connectivity index (χ0v) is 13.9. The molecule has 2 rings (SSSR count). The van der Waals surface area contributed by atoms with Gasteiger partial charge in [-0.05, 0) is 51.3 Å². The lowest BCUT2D eigenvalue weighted by molar-refractivity contribution is 0.294. The van der Waals surface area contributed by atoms with Crippen LogP contribution in [0, 0.1) is 16.7 Å². The van der Waals surface area contributed by atoms with Gasteiger partial charge >= 0.3 is 0 Å². The summed E-state index contributed by atoms with van der Waals surface area (Å²) in [5.74, 6) is 0.824. The maximum absolute atomic E-state index is 9.71. The van der Waals surface area contributed by atoms with Gasteiger partial charge in [-0.15, -0.1) is 0 Å². The Morgan fingerprint density at radius 2 is 2.09 bits per heavy atom. The third-order valence-corrected chi connectivity index (χ3v) is 3.82. The van der Waals surface area contributed by atoms with E-state index >= 15 is 0 Å². The molecule has 5 heteroatoms. The monoisotopic (exact) mass is 313 g/mol. The molecule has 1 aromatic carbocycles. The molecule has 23 heavy (non-hydrogen) atoms. The Balaban J connectivity index is 1.99. The summed E-state index contributed by atoms with van der Waals surface area (Å²) in [5, 5.41) is 22.9. The van der Waals surface area contributed by atoms with Gasteiger partial charge in [-0.1, -0.05) is 0 Å². The van der Waals surface area contributed by atoms with Gasteiger partial charge in [0.2, 0.25) is 0 Å². The van der Waals surface area contributed by atoms with E-state index in [4.69, 9.17) is 10.00 Å². The first-order chi connectivity index (χ1) is 10.9. The molecule has 0 radical (unpaired) electrons. The minimum Gasteiger partial charge on any atom is -0.508 e. The summed E-state index contributed by atoms with van der Waals surface area (Å²) in [6.45, 7) is 4.45. The van der Waals surface area contributed by atoms with E-state index in [-0.39, 0.29) is 11.2 Å². The SMILES string of the molecule is Cn1nccc1-c1ccc(O)cc1OCCCCC(C)(C)C#N. The number of hydrogen-bond donors (Lipinski definition) is 1. The van der Waals surface area contributed by atoms with E-state index in [1.54, 1.807) is 23.0 Å². The van der Waals surface area contributed by atoms with Crippen LogP contribution in [0.2, 0.25) is 0 Å². The second-order valence-corrected chi connectivity index (χ2v) is 6.32. The lowest BCUT2D eigenvalue weighted by Gasteiger charge is -2.15. The van der Waals surface area contributed by atoms with E-state index in [0.29, 0.717) is 12.4 Å². The van der Waals surface area contributed by atoms with E-state index in [2.05, 4.69) is 11.2 Å². The molecule has 0 aliphatic heterocycles. The molecule has 0 aliphatic carbocycles. The molecule has 1 N–H and O–H groups in total. The number of nitriles is 1. The van der Waals surface area contributed by atoms with Gasteiger partial charge in [0.25, 0.3) is 0 Å². The van der Waals surface area contributed by atoms with Crippen molar-refractivity contribution in [3.8, 4) is 28.8 Å². The zero-order valence-electron chi connectivity index (χ0n) is 13.9. The number of phenols is 1. The van der Waals surface area contributed by atoms with Crippen molar-refractivity contribution < 1.29 is 9.84 Å². The van der Waals surface area contributed by atoms with Gasteiger partial charge in [0.05, 0.1) is 23.8 Å². The van der Waals surface area contributed by atoms with E-state index in [1.165, 1.54) is 0 Å². The summed E-state index contributed by atoms with van der Waals surface area (Å²) in [6, 6.07) is 9.32. The number of phenolic OH excluding ortho intramolecular Hbond substituents is 1. The van der Waals surface area contributed by atoms with Crippen LogP contribution in [-0.2, 0) is 7.05 Å². The molecule has 5 nitrogen and oxygen atoms in total. The molecule has 0 bridgehead atoms. The maximum Gasteiger partial charge on any atom is 0.132 e. The molecule has 0 saturated carbocycles. The van der Waals surface area contributed by atoms with Crippen LogP contribution in [0.15, 0.2) is 30.5 Å². The van der Waals surface area contributed by atoms with Crippen molar-refractivity contribution in [2.24, 2.45) is 12.5 Å². The number of aromatic nitrogens is 2. The minimum absolute atomic E-state index is 0.177. The number of unbranched alkanes of at least 4 members (excludes halogenated alkanes) is 1. The highest BCUT2D eigenvalue weighted by molar-refractivity contribution is 5.68. The summed E-state index contributed by atoms with van der Waals surface area (Å²) in [7, 11) is 1.87. The Hall–Kier alpha value is -2.48. The maximum atomic E-state index is 9.71. The molecule has 1 aromatic heterocycles. The lowest BCUT2D eigenvalue weighted by Crippen LogP contribution is -2.08. The number of aromatic hydroxyl groups is 1. The van der Waals surface area contributed by atoms with Crippen LogP contribution in [0.25, 0.3) is 11.3 Å². The fourth-order valence-electron chi connectivity index (χ4n) is 2.39. The minimum atomic E-state index is -0.287. The van der Waals surface area contributed by atoms with E-state index < -0.39 is 0 Å². The molecular weight excluding hydrogens is 290 g/mol. The number of hydrogen-bond acceptors (Lipinski definition) is 4. The smallest absolute Gasteiger partial charge is 0.132 e. The highest BCUT2D eigenvalue weighted by atomic mass is 16.5. The van der Waals surface area contributed by atoms with Crippen LogP contribution in [0.3, 0.4) is 0 Å². The second-order valence-electron chi connectivity index (χ2n) is 6.32. The van der Waals surface area contributed by atoms with Crippen LogP contribution in [0.1, 0.15) is 33.1 Å². The van der Waals surface area contributed by atoms with Gasteiger partial charge in [0, 0.05) is 24.9 Å². The molecule has 0 amide bonds. The second kappa shape index (κ2) is 7.19. The first-order valence-corrected chi connectivity index (χ1v) is 7.78. The average Bonchev–Trinajstić information content (AvgIpc) is 2.93. The van der Waals surface area contributed by atoms with Crippen molar-refractivity contribution in [1.82, 2.24) is 9.78 Å². The van der Waals surface area contributed by atoms with Crippen LogP contribution >= 0.6 is 0 Å². The van der Waals surface area contributed by atoms with E-state index in [1.807, 2.05) is 33.0 Å². The van der Waals surface area contributed by atoms with Gasteiger partial charge in [-0.3, -0.25) is 4.68 Å². The Bertz CT molecular complexity index is 699. The number of ether oxygens (including phenoxy) is 1. The van der Waals surface area contributed by atoms with Crippen molar-refractivity contribution >= 4 is 0 Å². The quantitative estimate of drug-likeness (QED) is 0.787. The van der Waals surface area contributed by atoms with Gasteiger partial charge in [-0.2, -0.15) is 10.4 Å². The normalized spacial score (nSPS) is 11.2. The number of benzene rings is 1. The first kappa shape index (κ1) is 16.9. The fraction of sp³-hybridized carbons (Fsp3) is 0.444. The van der Waals surface area contributed by atoms with Gasteiger partial charge < -0.3 is 9.84 Å². The van der Waals surface area contributed by atoms with Crippen molar-refractivity contribution in [2.45, 2.75) is 33.1 Å². The number of rotatable bonds is 7. The molecule has 0 aliphatic rings. The molecule has 122 valence electrons. The Morgan fingerprint density at radius 1 is 1.30 bits per heavy atom. The molecule has 0 spiro atoms. The lowest BCUT2D eigenvalue weighted by atomic mass is 9.89. The molecule has 0 saturated heterocycles. The van der Waals surface area contributed by atoms with E-state index in [9.17, 15) is 5.11 Å². The average molecular weight is 313 g/mol. The van der Waals surface area contributed by atoms with E-state index in [0.717, 1.165) is 30.5 Å². The van der Waals surface area contributed by atoms with Crippen molar-refractivity contribution in [3.05, 3.63) is 30.5 Å². The largest absolute Gasteiger partial charge is 0.508 e. The third kappa shape index (κ3) is 4.49. The highest BCUT2D eigenvalue weighted by Crippen LogP contribution is 2.33. The highest BCUT2D eigenvalue weighted by Gasteiger charge is 2.16. The summed E-state index contributed by atoms with van der Waals surface area (Å²) in [4.78, 5) is 0. The van der Waals surface area contributed by atoms with Crippen molar-refractivity contribution in [2.75, 3.05) is 6.61 Å². The first-order valence-electron chi connectivity index (χ1n) is 7.78. The summed E-state index contributed by atoms with van der Waals surface area (Å²) < 4.78 is 7.63. The van der Waals surface area contributed by atoms with Gasteiger partial charge in [0.15, 0.2) is 0 Å². The summed E-state index contributed by atoms with van der Waals surface area (Å²) in [6.07, 6.45) is 4.38. The molecular formula is C18H23N3O2. The number of aryl methyl sites for hydroxylation is 1. The predicted molar refractivity (Wildman–Crippen MR) is 89.0 cm³/mol. The zero-order chi connectivity index (χ0) is 16.9. The molecule has 0 atom stereocenters. The predicted octanol–water partition coefficient (Wildman–Crippen LogP) is 3.89. The summed E-state index contributed by atoms with van der Waals surface area (Å²) >= 11 is 0. The van der Waals surface area contributed by atoms with Crippen molar-refractivity contribution in [3.63, 3.8) is 0 Å². The van der Waals surface area contributed by atoms with Gasteiger partial charge in [-0.25, -0.2) is 0 Å². The Morgan fingerprint density at radius 3 is 2.74 bits per heavy atom. The molecule has 1 heterocycles. The van der Waals surface area contributed by atoms with Crippen molar-refractivity contribution in [1.29, 1.82) is 5.26 Å². The standard InChI is InChI=1S/C18H23N3O2/c1-18(2,13-19)9-4-5-11-23-17-12-14(22)6-7-15(17)16-8-10-20-21(16)3/h6-8,10,12,22H,4-5,9,11H2,1-3H3. The molecule has 0 unspecified atom stereocenters. The Labute approximate surface area is 137 Å². The van der Waals surface area contributed by atoms with Crippen LogP contribution in [0.5, 0.6) is 11.5 Å². The fourth-order valence-corrected chi connectivity index (χ4v) is 2.39. The topological polar surface area (TPSA) is 71.1 Å². The third-order valence-electron chi connectivity index (χ3n) is 3.82. The van der Waals surface area contributed by atoms with Crippen LogP contribution < -0.4 is 4.74 Å². The van der Waals surface area contributed by atoms with Gasteiger partial charge in [0.1, 0.15) is 11.5 Å². The number of nitrogens with zero attached hydrogens (tertiary/aromatic N) is 3. The molecule has 0 fully saturated rings. The summed E-state index contributed by atoms with van der Waals surface area (Å²) in [5.41, 5.74) is 1.55. The van der Waals surface area contributed by atoms with Crippen LogP contribution in [-0.4, -0.2) is 21.5 Å².